The zero-order valence-electron chi connectivity index (χ0n) is 11.7. The first-order chi connectivity index (χ1) is 9.40. The molecule has 110 valence electrons. The van der Waals surface area contributed by atoms with Gasteiger partial charge in [0.25, 0.3) is 0 Å². The molecule has 0 heterocycles. The molecule has 0 aliphatic heterocycles. The predicted octanol–water partition coefficient (Wildman–Crippen LogP) is 1.28. The lowest BCUT2D eigenvalue weighted by molar-refractivity contribution is -0.119. The fraction of sp³-hybridized carbons (Fsp3) is 0.385. The highest BCUT2D eigenvalue weighted by molar-refractivity contribution is 6.34. The van der Waals surface area contributed by atoms with Crippen LogP contribution in [0.3, 0.4) is 0 Å². The first-order valence-electron chi connectivity index (χ1n) is 6.05. The van der Waals surface area contributed by atoms with Gasteiger partial charge in [0.15, 0.2) is 0 Å². The number of ether oxygens (including phenoxy) is 1. The fourth-order valence-corrected chi connectivity index (χ4v) is 2.19. The summed E-state index contributed by atoms with van der Waals surface area (Å²) < 4.78 is 4.71. The van der Waals surface area contributed by atoms with Crippen LogP contribution in [0.1, 0.15) is 17.3 Å². The minimum Gasteiger partial charge on any atom is -0.465 e. The molecular weight excluding hydrogens is 282 g/mol. The van der Waals surface area contributed by atoms with Crippen molar-refractivity contribution >= 4 is 34.9 Å². The Morgan fingerprint density at radius 2 is 2.10 bits per heavy atom. The molecule has 0 aromatic heterocycles. The molecule has 0 spiro atoms. The smallest absolute Gasteiger partial charge is 0.340 e. The van der Waals surface area contributed by atoms with Crippen LogP contribution >= 0.6 is 11.6 Å². The van der Waals surface area contributed by atoms with Gasteiger partial charge < -0.3 is 20.7 Å². The number of carbonyl (C=O) groups excluding carboxylic acids is 2. The van der Waals surface area contributed by atoms with Crippen LogP contribution < -0.4 is 16.0 Å². The molecule has 3 N–H and O–H groups in total. The van der Waals surface area contributed by atoms with Gasteiger partial charge in [-0.25, -0.2) is 4.79 Å². The van der Waals surface area contributed by atoms with Gasteiger partial charge in [-0.05, 0) is 19.1 Å². The van der Waals surface area contributed by atoms with Crippen LogP contribution in [0, 0.1) is 0 Å². The zero-order chi connectivity index (χ0) is 15.3. The van der Waals surface area contributed by atoms with Gasteiger partial charge in [0.05, 0.1) is 29.9 Å². The van der Waals surface area contributed by atoms with Gasteiger partial charge in [-0.3, -0.25) is 4.79 Å². The zero-order valence-corrected chi connectivity index (χ0v) is 12.5. The Balaban J connectivity index is 3.15. The maximum atomic E-state index is 11.8. The number of hydrogen-bond donors (Lipinski definition) is 2. The van der Waals surface area contributed by atoms with E-state index in [9.17, 15) is 9.59 Å². The third-order valence-electron chi connectivity index (χ3n) is 2.63. The number of amides is 1. The summed E-state index contributed by atoms with van der Waals surface area (Å²) in [6.45, 7) is 2.43. The van der Waals surface area contributed by atoms with Crippen molar-refractivity contribution in [2.75, 3.05) is 37.9 Å². The number of methoxy groups -OCH3 is 1. The monoisotopic (exact) mass is 299 g/mol. The fourth-order valence-electron chi connectivity index (χ4n) is 1.82. The van der Waals surface area contributed by atoms with Gasteiger partial charge >= 0.3 is 5.97 Å². The van der Waals surface area contributed by atoms with Gasteiger partial charge in [0.2, 0.25) is 5.91 Å². The Morgan fingerprint density at radius 1 is 1.45 bits per heavy atom. The lowest BCUT2D eigenvalue weighted by atomic mass is 10.1. The predicted molar refractivity (Wildman–Crippen MR) is 79.2 cm³/mol. The number of nitrogens with one attached hydrogen (secondary N) is 1. The second kappa shape index (κ2) is 7.00. The summed E-state index contributed by atoms with van der Waals surface area (Å²) in [5.41, 5.74) is 6.67. The molecule has 0 atom stereocenters. The van der Waals surface area contributed by atoms with Crippen LogP contribution in [-0.2, 0) is 9.53 Å². The number of benzene rings is 1. The molecule has 0 aliphatic carbocycles. The minimum atomic E-state index is -0.558. The summed E-state index contributed by atoms with van der Waals surface area (Å²) in [6.07, 6.45) is 0. The summed E-state index contributed by atoms with van der Waals surface area (Å²) >= 11 is 6.13. The van der Waals surface area contributed by atoms with Gasteiger partial charge in [-0.1, -0.05) is 11.6 Å². The summed E-state index contributed by atoms with van der Waals surface area (Å²) in [7, 11) is 2.94. The quantitative estimate of drug-likeness (QED) is 0.632. The summed E-state index contributed by atoms with van der Waals surface area (Å²) in [5, 5.41) is 2.96. The highest BCUT2D eigenvalue weighted by Crippen LogP contribution is 2.32. The van der Waals surface area contributed by atoms with Gasteiger partial charge in [-0.15, -0.1) is 0 Å². The van der Waals surface area contributed by atoms with E-state index in [1.165, 1.54) is 19.2 Å². The van der Waals surface area contributed by atoms with Crippen molar-refractivity contribution in [3.63, 3.8) is 0 Å². The van der Waals surface area contributed by atoms with Crippen molar-refractivity contribution in [2.24, 2.45) is 0 Å². The van der Waals surface area contributed by atoms with Crippen LogP contribution in [0.2, 0.25) is 5.02 Å². The Kier molecular flexibility index (Phi) is 5.64. The van der Waals surface area contributed by atoms with Crippen molar-refractivity contribution < 1.29 is 14.3 Å². The van der Waals surface area contributed by atoms with Gasteiger partial charge in [0, 0.05) is 19.3 Å². The largest absolute Gasteiger partial charge is 0.465 e. The standard InChI is InChI=1S/C13H18ClN3O3/c1-4-16-11(18)7-17(2)12-9(13(19)20-3)5-8(15)6-10(12)14/h5-6H,4,7,15H2,1-3H3,(H,16,18). The number of likely N-dealkylation sites (N-methyl/N-ethyl adjacent to an activating group) is 2. The Bertz CT molecular complexity index is 520. The van der Waals surface area contributed by atoms with Gasteiger partial charge in [0.1, 0.15) is 0 Å². The topological polar surface area (TPSA) is 84.7 Å². The van der Waals surface area contributed by atoms with Crippen LogP contribution in [0.5, 0.6) is 0 Å². The third kappa shape index (κ3) is 3.77. The molecule has 0 unspecified atom stereocenters. The number of nitrogen functional groups attached to an aromatic ring is 1. The Morgan fingerprint density at radius 3 is 2.65 bits per heavy atom. The normalized spacial score (nSPS) is 10.0. The SMILES string of the molecule is CCNC(=O)CN(C)c1c(Cl)cc(N)cc1C(=O)OC. The molecule has 1 amide bonds. The molecule has 0 bridgehead atoms. The number of rotatable bonds is 5. The van der Waals surface area contributed by atoms with E-state index in [-0.39, 0.29) is 23.0 Å². The molecule has 6 nitrogen and oxygen atoms in total. The maximum Gasteiger partial charge on any atom is 0.340 e. The number of nitrogens with zero attached hydrogens (tertiary/aromatic N) is 1. The van der Waals surface area contributed by atoms with Crippen molar-refractivity contribution in [2.45, 2.75) is 6.92 Å². The van der Waals surface area contributed by atoms with E-state index in [1.807, 2.05) is 6.92 Å². The maximum absolute atomic E-state index is 11.8. The lowest BCUT2D eigenvalue weighted by Crippen LogP contribution is -2.35. The van der Waals surface area contributed by atoms with Crippen molar-refractivity contribution in [1.29, 1.82) is 0 Å². The van der Waals surface area contributed by atoms with E-state index in [1.54, 1.807) is 11.9 Å². The molecule has 0 radical (unpaired) electrons. The van der Waals surface area contributed by atoms with E-state index in [0.29, 0.717) is 17.9 Å². The number of hydrogen-bond acceptors (Lipinski definition) is 5. The lowest BCUT2D eigenvalue weighted by Gasteiger charge is -2.22. The van der Waals surface area contributed by atoms with Crippen molar-refractivity contribution in [3.8, 4) is 0 Å². The molecule has 1 aromatic carbocycles. The highest BCUT2D eigenvalue weighted by atomic mass is 35.5. The molecule has 0 aliphatic rings. The third-order valence-corrected chi connectivity index (χ3v) is 2.92. The molecule has 1 aromatic rings. The molecule has 0 saturated heterocycles. The second-order valence-electron chi connectivity index (χ2n) is 4.20. The van der Waals surface area contributed by atoms with Crippen molar-refractivity contribution in [1.82, 2.24) is 5.32 Å². The van der Waals surface area contributed by atoms with Crippen LogP contribution in [0.25, 0.3) is 0 Å². The summed E-state index contributed by atoms with van der Waals surface area (Å²) in [5.74, 6) is -0.726. The highest BCUT2D eigenvalue weighted by Gasteiger charge is 2.20. The van der Waals surface area contributed by atoms with Crippen LogP contribution in [0.15, 0.2) is 12.1 Å². The van der Waals surface area contributed by atoms with E-state index in [4.69, 9.17) is 22.1 Å². The van der Waals surface area contributed by atoms with E-state index < -0.39 is 5.97 Å². The van der Waals surface area contributed by atoms with E-state index in [0.717, 1.165) is 0 Å². The molecule has 20 heavy (non-hydrogen) atoms. The number of esters is 1. The Labute approximate surface area is 122 Å². The van der Waals surface area contributed by atoms with E-state index >= 15 is 0 Å². The first-order valence-corrected chi connectivity index (χ1v) is 6.43. The minimum absolute atomic E-state index is 0.0709. The molecule has 0 fully saturated rings. The van der Waals surface area contributed by atoms with Crippen molar-refractivity contribution in [3.05, 3.63) is 22.7 Å². The second-order valence-corrected chi connectivity index (χ2v) is 4.61. The molecule has 7 heteroatoms. The average Bonchev–Trinajstić information content (AvgIpc) is 2.36. The first kappa shape index (κ1) is 16.1. The number of halogens is 1. The number of anilines is 2. The summed E-state index contributed by atoms with van der Waals surface area (Å²) in [6, 6.07) is 3.00. The number of nitrogens with two attached hydrogens (primary N) is 1. The van der Waals surface area contributed by atoms with Gasteiger partial charge in [-0.2, -0.15) is 0 Å². The number of carbonyl (C=O) groups is 2. The average molecular weight is 300 g/mol. The van der Waals surface area contributed by atoms with E-state index in [2.05, 4.69) is 5.32 Å². The molecule has 0 saturated carbocycles. The molecule has 1 rings (SSSR count). The Hall–Kier alpha value is -1.95. The molecular formula is C13H18ClN3O3. The van der Waals surface area contributed by atoms with Crippen LogP contribution in [-0.4, -0.2) is 39.1 Å². The summed E-state index contributed by atoms with van der Waals surface area (Å²) in [4.78, 5) is 25.0. The van der Waals surface area contributed by atoms with Crippen LogP contribution in [0.4, 0.5) is 11.4 Å².